The number of halogens is 1. The summed E-state index contributed by atoms with van der Waals surface area (Å²) in [6, 6.07) is 3.64. The molecule has 0 spiro atoms. The van der Waals surface area contributed by atoms with Gasteiger partial charge in [-0.15, -0.1) is 10.2 Å². The van der Waals surface area contributed by atoms with Crippen LogP contribution in [0.4, 0.5) is 5.82 Å². The minimum absolute atomic E-state index is 0.430. The highest BCUT2D eigenvalue weighted by molar-refractivity contribution is 6.29. The molecule has 0 amide bonds. The summed E-state index contributed by atoms with van der Waals surface area (Å²) in [6.07, 6.45) is 4.89. The molecular weight excluding hydrogens is 308 g/mol. The molecule has 0 aliphatic heterocycles. The summed E-state index contributed by atoms with van der Waals surface area (Å²) in [4.78, 5) is 2.36. The fourth-order valence-electron chi connectivity index (χ4n) is 2.92. The third-order valence-corrected chi connectivity index (χ3v) is 4.76. The maximum Gasteiger partial charge on any atom is 0.151 e. The predicted octanol–water partition coefficient (Wildman–Crippen LogP) is 3.69. The maximum absolute atomic E-state index is 5.74. The zero-order valence-corrected chi connectivity index (χ0v) is 14.9. The lowest BCUT2D eigenvalue weighted by Crippen LogP contribution is -2.23. The van der Waals surface area contributed by atoms with Crippen LogP contribution in [0.15, 0.2) is 12.1 Å². The Labute approximate surface area is 145 Å². The molecule has 0 bridgehead atoms. The van der Waals surface area contributed by atoms with Crippen molar-refractivity contribution in [2.24, 2.45) is 11.8 Å². The van der Waals surface area contributed by atoms with Crippen molar-refractivity contribution < 1.29 is 0 Å². The molecule has 0 atom stereocenters. The van der Waals surface area contributed by atoms with E-state index in [1.807, 2.05) is 6.07 Å². The molecule has 23 heavy (non-hydrogen) atoms. The second kappa shape index (κ2) is 9.75. The lowest BCUT2D eigenvalue weighted by molar-refractivity contribution is 0.326. The van der Waals surface area contributed by atoms with E-state index in [0.29, 0.717) is 17.0 Å². The van der Waals surface area contributed by atoms with E-state index >= 15 is 0 Å². The molecule has 2 rings (SSSR count). The van der Waals surface area contributed by atoms with Crippen molar-refractivity contribution in [2.75, 3.05) is 31.5 Å². The number of nitrogens with one attached hydrogen (secondary N) is 1. The molecule has 1 fully saturated rings. The van der Waals surface area contributed by atoms with Crippen molar-refractivity contribution in [3.63, 3.8) is 0 Å². The zero-order valence-electron chi connectivity index (χ0n) is 14.2. The van der Waals surface area contributed by atoms with Crippen LogP contribution >= 0.6 is 11.6 Å². The van der Waals surface area contributed by atoms with E-state index in [9.17, 15) is 0 Å². The van der Waals surface area contributed by atoms with Crippen LogP contribution in [0.3, 0.4) is 0 Å². The van der Waals surface area contributed by atoms with Gasteiger partial charge < -0.3 is 5.32 Å². The average Bonchev–Trinajstić information content (AvgIpc) is 2.59. The van der Waals surface area contributed by atoms with Gasteiger partial charge in [-0.25, -0.2) is 0 Å². The van der Waals surface area contributed by atoms with Crippen molar-refractivity contribution >= 4 is 17.4 Å². The van der Waals surface area contributed by atoms with Gasteiger partial charge in [0.05, 0.1) is 6.54 Å². The molecule has 0 unspecified atom stereocenters. The zero-order chi connectivity index (χ0) is 16.5. The number of aromatic nitrogens is 2. The van der Waals surface area contributed by atoms with Crippen LogP contribution in [-0.4, -0.2) is 41.3 Å². The minimum Gasteiger partial charge on any atom is -0.368 e. The first kappa shape index (κ1) is 18.0. The van der Waals surface area contributed by atoms with Gasteiger partial charge in [0.2, 0.25) is 0 Å². The van der Waals surface area contributed by atoms with E-state index in [-0.39, 0.29) is 0 Å². The van der Waals surface area contributed by atoms with Crippen molar-refractivity contribution in [3.8, 4) is 11.8 Å². The normalized spacial score (nSPS) is 20.9. The summed E-state index contributed by atoms with van der Waals surface area (Å²) in [5, 5.41) is 11.7. The van der Waals surface area contributed by atoms with Crippen LogP contribution in [0.2, 0.25) is 5.15 Å². The lowest BCUT2D eigenvalue weighted by atomic mass is 9.82. The number of anilines is 1. The fraction of sp³-hybridized carbons (Fsp3) is 0.667. The summed E-state index contributed by atoms with van der Waals surface area (Å²) in [6.45, 7) is 8.40. The molecule has 1 aromatic heterocycles. The Morgan fingerprint density at radius 3 is 2.52 bits per heavy atom. The molecule has 0 saturated heterocycles. The SMILES string of the molecule is CCN(CC)CC#C[C@H]1CC[C@H](CNc2ccc(Cl)nn2)CC1. The highest BCUT2D eigenvalue weighted by Crippen LogP contribution is 2.28. The lowest BCUT2D eigenvalue weighted by Gasteiger charge is -2.26. The molecule has 0 aromatic carbocycles. The smallest absolute Gasteiger partial charge is 0.151 e. The van der Waals surface area contributed by atoms with Gasteiger partial charge in [-0.1, -0.05) is 37.3 Å². The Balaban J connectivity index is 1.67. The van der Waals surface area contributed by atoms with Crippen molar-refractivity contribution in [1.82, 2.24) is 15.1 Å². The summed E-state index contributed by atoms with van der Waals surface area (Å²) in [5.74, 6) is 8.92. The molecule has 126 valence electrons. The number of hydrogen-bond acceptors (Lipinski definition) is 4. The molecule has 1 aliphatic rings. The third-order valence-electron chi connectivity index (χ3n) is 4.55. The van der Waals surface area contributed by atoms with Crippen LogP contribution in [0.1, 0.15) is 39.5 Å². The van der Waals surface area contributed by atoms with E-state index < -0.39 is 0 Å². The summed E-state index contributed by atoms with van der Waals surface area (Å²) in [5.41, 5.74) is 0. The largest absolute Gasteiger partial charge is 0.368 e. The standard InChI is InChI=1S/C18H27ClN4/c1-3-23(4-2)13-5-6-15-7-9-16(10-8-15)14-20-18-12-11-17(19)21-22-18/h11-12,15-16H,3-4,7-10,13-14H2,1-2H3,(H,20,22)/t15-,16-. The molecule has 4 nitrogen and oxygen atoms in total. The van der Waals surface area contributed by atoms with Crippen LogP contribution in [0.5, 0.6) is 0 Å². The van der Waals surface area contributed by atoms with Gasteiger partial charge in [0.15, 0.2) is 5.15 Å². The first-order valence-electron chi connectivity index (χ1n) is 8.65. The van der Waals surface area contributed by atoms with Crippen molar-refractivity contribution in [3.05, 3.63) is 17.3 Å². The third kappa shape index (κ3) is 6.37. The van der Waals surface area contributed by atoms with Crippen molar-refractivity contribution in [1.29, 1.82) is 0 Å². The molecule has 1 saturated carbocycles. The highest BCUT2D eigenvalue weighted by atomic mass is 35.5. The Kier molecular flexibility index (Phi) is 7.64. The van der Waals surface area contributed by atoms with E-state index in [1.54, 1.807) is 6.07 Å². The van der Waals surface area contributed by atoms with Gasteiger partial charge in [-0.3, -0.25) is 4.90 Å². The van der Waals surface area contributed by atoms with Gasteiger partial charge in [0.1, 0.15) is 5.82 Å². The second-order valence-corrected chi connectivity index (χ2v) is 6.51. The summed E-state index contributed by atoms with van der Waals surface area (Å²) < 4.78 is 0. The number of rotatable bonds is 6. The number of hydrogen-bond donors (Lipinski definition) is 1. The number of nitrogens with zero attached hydrogens (tertiary/aromatic N) is 3. The Morgan fingerprint density at radius 1 is 1.17 bits per heavy atom. The molecule has 0 radical (unpaired) electrons. The van der Waals surface area contributed by atoms with Crippen molar-refractivity contribution in [2.45, 2.75) is 39.5 Å². The van der Waals surface area contributed by atoms with Crippen LogP contribution in [0.25, 0.3) is 0 Å². The molecule has 1 aromatic rings. The van der Waals surface area contributed by atoms with Gasteiger partial charge in [0.25, 0.3) is 0 Å². The van der Waals surface area contributed by atoms with Crippen LogP contribution in [0, 0.1) is 23.7 Å². The fourth-order valence-corrected chi connectivity index (χ4v) is 3.02. The van der Waals surface area contributed by atoms with E-state index in [1.165, 1.54) is 25.7 Å². The average molecular weight is 335 g/mol. The van der Waals surface area contributed by atoms with E-state index in [2.05, 4.69) is 46.1 Å². The topological polar surface area (TPSA) is 41.0 Å². The first-order chi connectivity index (χ1) is 11.2. The van der Waals surface area contributed by atoms with Gasteiger partial charge in [-0.2, -0.15) is 0 Å². The maximum atomic E-state index is 5.74. The quantitative estimate of drug-likeness (QED) is 0.805. The second-order valence-electron chi connectivity index (χ2n) is 6.12. The predicted molar refractivity (Wildman–Crippen MR) is 96.5 cm³/mol. The van der Waals surface area contributed by atoms with Gasteiger partial charge >= 0.3 is 0 Å². The Morgan fingerprint density at radius 2 is 1.91 bits per heavy atom. The van der Waals surface area contributed by atoms with Crippen LogP contribution < -0.4 is 5.32 Å². The highest BCUT2D eigenvalue weighted by Gasteiger charge is 2.19. The molecule has 1 N–H and O–H groups in total. The Hall–Kier alpha value is -1.31. The van der Waals surface area contributed by atoms with Gasteiger partial charge in [0, 0.05) is 12.5 Å². The molecular formula is C18H27ClN4. The molecule has 1 heterocycles. The van der Waals surface area contributed by atoms with E-state index in [0.717, 1.165) is 32.0 Å². The van der Waals surface area contributed by atoms with E-state index in [4.69, 9.17) is 11.6 Å². The monoisotopic (exact) mass is 334 g/mol. The van der Waals surface area contributed by atoms with Crippen LogP contribution in [-0.2, 0) is 0 Å². The molecule has 1 aliphatic carbocycles. The summed E-state index contributed by atoms with van der Waals surface area (Å²) >= 11 is 5.74. The Bertz CT molecular complexity index is 508. The minimum atomic E-state index is 0.430. The van der Waals surface area contributed by atoms with Gasteiger partial charge in [-0.05, 0) is 56.8 Å². The summed E-state index contributed by atoms with van der Waals surface area (Å²) in [7, 11) is 0. The first-order valence-corrected chi connectivity index (χ1v) is 9.02. The molecule has 5 heteroatoms.